The average molecular weight is 394 g/mol. The summed E-state index contributed by atoms with van der Waals surface area (Å²) >= 11 is 0. The van der Waals surface area contributed by atoms with Crippen molar-refractivity contribution in [1.29, 1.82) is 0 Å². The van der Waals surface area contributed by atoms with E-state index in [4.69, 9.17) is 16.4 Å². The molecule has 0 aliphatic heterocycles. The molecular formula is C21H26N6O2. The molecule has 1 amide bonds. The Hall–Kier alpha value is -3.39. The summed E-state index contributed by atoms with van der Waals surface area (Å²) in [6, 6.07) is 7.25. The number of allylic oxidation sites excluding steroid dienone is 1. The largest absolute Gasteiger partial charge is 0.491 e. The number of hydrogen-bond acceptors (Lipinski definition) is 7. The fourth-order valence-electron chi connectivity index (χ4n) is 3.47. The van der Waals surface area contributed by atoms with E-state index in [1.54, 1.807) is 12.1 Å². The Kier molecular flexibility index (Phi) is 6.80. The first kappa shape index (κ1) is 20.3. The van der Waals surface area contributed by atoms with Crippen molar-refractivity contribution in [2.45, 2.75) is 25.7 Å². The smallest absolute Gasteiger partial charge is 0.252 e. The van der Waals surface area contributed by atoms with Gasteiger partial charge in [0.15, 0.2) is 0 Å². The standard InChI is InChI=1S/C21H26N6O2/c1-2-4-17-15-5-3-6-18(26-22)16(15)8-9-19(17)29-12-11-24-21(28)14-7-10-20(27-23)25-13-14/h2,7-10,13H,1,3-6,11-12,22-23H2,(H,24,28)(H,25,27). The third-order valence-corrected chi connectivity index (χ3v) is 4.86. The summed E-state index contributed by atoms with van der Waals surface area (Å²) in [4.78, 5) is 16.2. The van der Waals surface area contributed by atoms with Crippen molar-refractivity contribution >= 4 is 17.4 Å². The lowest BCUT2D eigenvalue weighted by molar-refractivity contribution is 0.0946. The zero-order valence-electron chi connectivity index (χ0n) is 16.3. The number of anilines is 1. The number of hydrazine groups is 1. The number of nitrogen functional groups attached to an aromatic ring is 1. The minimum absolute atomic E-state index is 0.217. The zero-order chi connectivity index (χ0) is 20.6. The highest BCUT2D eigenvalue weighted by Crippen LogP contribution is 2.32. The van der Waals surface area contributed by atoms with Crippen LogP contribution in [0, 0.1) is 0 Å². The minimum Gasteiger partial charge on any atom is -0.491 e. The Balaban J connectivity index is 1.63. The van der Waals surface area contributed by atoms with E-state index in [0.29, 0.717) is 31.0 Å². The monoisotopic (exact) mass is 394 g/mol. The predicted octanol–water partition coefficient (Wildman–Crippen LogP) is 1.90. The normalized spacial score (nSPS) is 14.2. The lowest BCUT2D eigenvalue weighted by Gasteiger charge is -2.23. The van der Waals surface area contributed by atoms with Gasteiger partial charge in [-0.05, 0) is 55.5 Å². The number of amides is 1. The topological polar surface area (TPSA) is 128 Å². The molecule has 0 saturated heterocycles. The first-order chi connectivity index (χ1) is 14.2. The number of hydrazone groups is 1. The van der Waals surface area contributed by atoms with Crippen molar-refractivity contribution in [2.24, 2.45) is 16.8 Å². The van der Waals surface area contributed by atoms with Gasteiger partial charge in [-0.15, -0.1) is 6.58 Å². The third-order valence-electron chi connectivity index (χ3n) is 4.86. The number of carbonyl (C=O) groups excluding carboxylic acids is 1. The molecule has 3 rings (SSSR count). The van der Waals surface area contributed by atoms with Crippen molar-refractivity contribution in [1.82, 2.24) is 10.3 Å². The van der Waals surface area contributed by atoms with Crippen LogP contribution in [0.1, 0.15) is 39.9 Å². The van der Waals surface area contributed by atoms with Gasteiger partial charge in [-0.25, -0.2) is 10.8 Å². The number of ether oxygens (including phenoxy) is 1. The van der Waals surface area contributed by atoms with Gasteiger partial charge < -0.3 is 21.3 Å². The van der Waals surface area contributed by atoms with Crippen LogP contribution in [0.3, 0.4) is 0 Å². The molecule has 0 atom stereocenters. The molecule has 29 heavy (non-hydrogen) atoms. The van der Waals surface area contributed by atoms with E-state index in [2.05, 4.69) is 27.4 Å². The lowest BCUT2D eigenvalue weighted by Crippen LogP contribution is -2.28. The Bertz CT molecular complexity index is 908. The average Bonchev–Trinajstić information content (AvgIpc) is 2.77. The minimum atomic E-state index is -0.217. The number of nitrogens with zero attached hydrogens (tertiary/aromatic N) is 2. The van der Waals surface area contributed by atoms with Gasteiger partial charge in [0.25, 0.3) is 5.91 Å². The molecule has 8 nitrogen and oxygen atoms in total. The van der Waals surface area contributed by atoms with Crippen LogP contribution in [0.15, 0.2) is 48.2 Å². The molecule has 0 bridgehead atoms. The Morgan fingerprint density at radius 2 is 2.17 bits per heavy atom. The maximum atomic E-state index is 12.2. The van der Waals surface area contributed by atoms with Crippen LogP contribution in [0.2, 0.25) is 0 Å². The summed E-state index contributed by atoms with van der Waals surface area (Å²) in [5, 5.41) is 6.77. The van der Waals surface area contributed by atoms with Gasteiger partial charge in [-0.1, -0.05) is 6.08 Å². The summed E-state index contributed by atoms with van der Waals surface area (Å²) in [6.45, 7) is 4.59. The number of nitrogens with two attached hydrogens (primary N) is 2. The maximum absolute atomic E-state index is 12.2. The van der Waals surface area contributed by atoms with E-state index in [9.17, 15) is 4.79 Å². The molecule has 1 aromatic heterocycles. The molecule has 152 valence electrons. The zero-order valence-corrected chi connectivity index (χ0v) is 16.3. The van der Waals surface area contributed by atoms with Crippen molar-refractivity contribution in [3.8, 4) is 5.75 Å². The fourth-order valence-corrected chi connectivity index (χ4v) is 3.47. The quantitative estimate of drug-likeness (QED) is 0.234. The highest BCUT2D eigenvalue weighted by molar-refractivity contribution is 6.03. The van der Waals surface area contributed by atoms with E-state index in [1.165, 1.54) is 11.8 Å². The third kappa shape index (κ3) is 4.72. The molecule has 1 aromatic carbocycles. The second kappa shape index (κ2) is 9.70. The van der Waals surface area contributed by atoms with Crippen molar-refractivity contribution in [3.63, 3.8) is 0 Å². The van der Waals surface area contributed by atoms with Gasteiger partial charge in [0.2, 0.25) is 0 Å². The van der Waals surface area contributed by atoms with Crippen LogP contribution in [0.25, 0.3) is 0 Å². The SMILES string of the molecule is C=CCc1c(OCCNC(=O)c2ccc(NN)nc2)ccc2c1CCCC2=NN. The molecular weight excluding hydrogens is 368 g/mol. The van der Waals surface area contributed by atoms with Crippen molar-refractivity contribution in [2.75, 3.05) is 18.6 Å². The molecule has 1 aliphatic carbocycles. The molecule has 1 aliphatic rings. The number of fused-ring (bicyclic) bond motifs is 1. The lowest BCUT2D eigenvalue weighted by atomic mass is 9.85. The molecule has 1 heterocycles. The second-order valence-electron chi connectivity index (χ2n) is 6.67. The summed E-state index contributed by atoms with van der Waals surface area (Å²) in [6.07, 6.45) is 6.90. The number of pyridine rings is 1. The highest BCUT2D eigenvalue weighted by atomic mass is 16.5. The van der Waals surface area contributed by atoms with Crippen molar-refractivity contribution in [3.05, 3.63) is 65.4 Å². The van der Waals surface area contributed by atoms with Gasteiger partial charge >= 0.3 is 0 Å². The number of benzene rings is 1. The molecule has 0 radical (unpaired) electrons. The second-order valence-corrected chi connectivity index (χ2v) is 6.67. The first-order valence-corrected chi connectivity index (χ1v) is 9.54. The molecule has 0 unspecified atom stereocenters. The summed E-state index contributed by atoms with van der Waals surface area (Å²) in [7, 11) is 0. The van der Waals surface area contributed by atoms with Gasteiger partial charge in [0.1, 0.15) is 18.2 Å². The predicted molar refractivity (Wildman–Crippen MR) is 114 cm³/mol. The van der Waals surface area contributed by atoms with E-state index in [0.717, 1.165) is 41.9 Å². The molecule has 0 saturated carbocycles. The van der Waals surface area contributed by atoms with Crippen LogP contribution in [-0.2, 0) is 12.8 Å². The van der Waals surface area contributed by atoms with Crippen molar-refractivity contribution < 1.29 is 9.53 Å². The van der Waals surface area contributed by atoms with Gasteiger partial charge in [0, 0.05) is 17.3 Å². The molecule has 6 N–H and O–H groups in total. The van der Waals surface area contributed by atoms with Gasteiger partial charge in [-0.2, -0.15) is 5.10 Å². The molecule has 8 heteroatoms. The number of nitrogens with one attached hydrogen (secondary N) is 2. The number of rotatable bonds is 8. The Morgan fingerprint density at radius 1 is 1.31 bits per heavy atom. The van der Waals surface area contributed by atoms with E-state index in [1.807, 2.05) is 18.2 Å². The van der Waals surface area contributed by atoms with Crippen LogP contribution >= 0.6 is 0 Å². The van der Waals surface area contributed by atoms with Crippen LogP contribution in [-0.4, -0.2) is 29.8 Å². The summed E-state index contributed by atoms with van der Waals surface area (Å²) in [5.41, 5.74) is 7.24. The van der Waals surface area contributed by atoms with Crippen LogP contribution in [0.4, 0.5) is 5.82 Å². The highest BCUT2D eigenvalue weighted by Gasteiger charge is 2.21. The molecule has 2 aromatic rings. The van der Waals surface area contributed by atoms with Gasteiger partial charge in [-0.3, -0.25) is 4.79 Å². The number of carbonyl (C=O) groups is 1. The van der Waals surface area contributed by atoms with Crippen LogP contribution in [0.5, 0.6) is 5.75 Å². The molecule has 0 fully saturated rings. The van der Waals surface area contributed by atoms with E-state index < -0.39 is 0 Å². The number of aromatic nitrogens is 1. The fraction of sp³-hybridized carbons (Fsp3) is 0.286. The number of hydrogen-bond donors (Lipinski definition) is 4. The van der Waals surface area contributed by atoms with Gasteiger partial charge in [0.05, 0.1) is 17.8 Å². The first-order valence-electron chi connectivity index (χ1n) is 9.54. The summed E-state index contributed by atoms with van der Waals surface area (Å²) < 4.78 is 5.97. The van der Waals surface area contributed by atoms with E-state index >= 15 is 0 Å². The summed E-state index contributed by atoms with van der Waals surface area (Å²) in [5.74, 6) is 11.9. The Morgan fingerprint density at radius 3 is 2.86 bits per heavy atom. The van der Waals surface area contributed by atoms with E-state index in [-0.39, 0.29) is 5.91 Å². The van der Waals surface area contributed by atoms with Crippen LogP contribution < -0.4 is 27.2 Å². The Labute approximate surface area is 170 Å². The maximum Gasteiger partial charge on any atom is 0.252 e. The molecule has 0 spiro atoms.